The van der Waals surface area contributed by atoms with Crippen molar-refractivity contribution in [2.45, 2.75) is 6.54 Å². The van der Waals surface area contributed by atoms with Gasteiger partial charge >= 0.3 is 0 Å². The average Bonchev–Trinajstić information content (AvgIpc) is 3.23. The Bertz CT molecular complexity index is 1060. The standard InChI is InChI=1S/C16H12N4O3S/c21-14(13-8-11-12(23-13)2-1-4-17-11)18-5-6-20-9-19-15-10(16(20)22)3-7-24-15/h1-4,7-9H,5-6H2,(H,18,21). The van der Waals surface area contributed by atoms with Crippen LogP contribution < -0.4 is 10.9 Å². The molecule has 120 valence electrons. The highest BCUT2D eigenvalue weighted by molar-refractivity contribution is 7.16. The van der Waals surface area contributed by atoms with E-state index in [1.54, 1.807) is 30.5 Å². The largest absolute Gasteiger partial charge is 0.449 e. The van der Waals surface area contributed by atoms with Gasteiger partial charge in [0.15, 0.2) is 11.3 Å². The van der Waals surface area contributed by atoms with Crippen molar-refractivity contribution in [3.8, 4) is 0 Å². The predicted octanol–water partition coefficient (Wildman–Crippen LogP) is 2.03. The molecule has 1 N–H and O–H groups in total. The van der Waals surface area contributed by atoms with Gasteiger partial charge in [0.1, 0.15) is 10.3 Å². The van der Waals surface area contributed by atoms with Gasteiger partial charge in [-0.1, -0.05) is 0 Å². The van der Waals surface area contributed by atoms with Crippen LogP contribution >= 0.6 is 11.3 Å². The lowest BCUT2D eigenvalue weighted by atomic mass is 10.3. The zero-order valence-electron chi connectivity index (χ0n) is 12.4. The Kier molecular flexibility index (Phi) is 3.58. The molecule has 4 heterocycles. The molecule has 0 aromatic carbocycles. The molecule has 0 spiro atoms. The van der Waals surface area contributed by atoms with Crippen LogP contribution in [-0.4, -0.2) is 27.0 Å². The Labute approximate surface area is 139 Å². The van der Waals surface area contributed by atoms with E-state index in [0.717, 1.165) is 4.83 Å². The Morgan fingerprint density at radius 1 is 1.33 bits per heavy atom. The van der Waals surface area contributed by atoms with E-state index in [0.29, 0.717) is 29.6 Å². The van der Waals surface area contributed by atoms with Crippen LogP contribution in [0.5, 0.6) is 0 Å². The maximum absolute atomic E-state index is 12.2. The lowest BCUT2D eigenvalue weighted by Crippen LogP contribution is -2.30. The number of hydrogen-bond acceptors (Lipinski definition) is 6. The molecule has 7 nitrogen and oxygen atoms in total. The first-order chi connectivity index (χ1) is 11.7. The first kappa shape index (κ1) is 14.6. The van der Waals surface area contributed by atoms with Crippen LogP contribution in [0.3, 0.4) is 0 Å². The summed E-state index contributed by atoms with van der Waals surface area (Å²) >= 11 is 1.43. The van der Waals surface area contributed by atoms with Gasteiger partial charge in [-0.05, 0) is 23.6 Å². The molecule has 0 aliphatic heterocycles. The van der Waals surface area contributed by atoms with Crippen molar-refractivity contribution >= 4 is 38.6 Å². The molecule has 24 heavy (non-hydrogen) atoms. The topological polar surface area (TPSA) is 90.0 Å². The molecule has 0 atom stereocenters. The van der Waals surface area contributed by atoms with E-state index in [4.69, 9.17) is 4.42 Å². The second-order valence-corrected chi connectivity index (χ2v) is 6.03. The van der Waals surface area contributed by atoms with Gasteiger partial charge in [0, 0.05) is 25.4 Å². The molecular weight excluding hydrogens is 328 g/mol. The Morgan fingerprint density at radius 2 is 2.25 bits per heavy atom. The molecule has 4 rings (SSSR count). The summed E-state index contributed by atoms with van der Waals surface area (Å²) in [6, 6.07) is 6.84. The van der Waals surface area contributed by atoms with Gasteiger partial charge in [-0.2, -0.15) is 0 Å². The number of hydrogen-bond donors (Lipinski definition) is 1. The molecule has 1 amide bonds. The molecule has 0 radical (unpaired) electrons. The molecule has 0 fully saturated rings. The third-order valence-corrected chi connectivity index (χ3v) is 4.42. The Balaban J connectivity index is 1.45. The number of thiophene rings is 1. The summed E-state index contributed by atoms with van der Waals surface area (Å²) in [4.78, 5) is 33.4. The van der Waals surface area contributed by atoms with Gasteiger partial charge in [0.05, 0.1) is 11.7 Å². The summed E-state index contributed by atoms with van der Waals surface area (Å²) in [5.74, 6) is -0.145. The number of pyridine rings is 1. The molecule has 0 unspecified atom stereocenters. The molecular formula is C16H12N4O3S. The number of fused-ring (bicyclic) bond motifs is 2. The molecule has 0 aliphatic carbocycles. The first-order valence-electron chi connectivity index (χ1n) is 7.28. The molecule has 0 saturated heterocycles. The summed E-state index contributed by atoms with van der Waals surface area (Å²) in [6.45, 7) is 0.627. The zero-order valence-corrected chi connectivity index (χ0v) is 13.2. The van der Waals surface area contributed by atoms with Crippen molar-refractivity contribution < 1.29 is 9.21 Å². The maximum atomic E-state index is 12.2. The minimum atomic E-state index is -0.342. The predicted molar refractivity (Wildman–Crippen MR) is 90.2 cm³/mol. The van der Waals surface area contributed by atoms with Crippen molar-refractivity contribution in [1.29, 1.82) is 0 Å². The van der Waals surface area contributed by atoms with E-state index in [-0.39, 0.29) is 17.2 Å². The van der Waals surface area contributed by atoms with Crippen molar-refractivity contribution in [2.24, 2.45) is 0 Å². The third kappa shape index (κ3) is 2.56. The minimum Gasteiger partial charge on any atom is -0.449 e. The summed E-state index contributed by atoms with van der Waals surface area (Å²) in [7, 11) is 0. The van der Waals surface area contributed by atoms with Crippen LogP contribution in [0, 0.1) is 0 Å². The van der Waals surface area contributed by atoms with Gasteiger partial charge in [-0.15, -0.1) is 11.3 Å². The number of rotatable bonds is 4. The number of furan rings is 1. The van der Waals surface area contributed by atoms with Gasteiger partial charge in [-0.25, -0.2) is 4.98 Å². The monoisotopic (exact) mass is 340 g/mol. The van der Waals surface area contributed by atoms with Gasteiger partial charge in [-0.3, -0.25) is 19.1 Å². The minimum absolute atomic E-state index is 0.108. The molecule has 0 saturated carbocycles. The number of nitrogens with zero attached hydrogens (tertiary/aromatic N) is 3. The van der Waals surface area contributed by atoms with Crippen molar-refractivity contribution in [3.05, 3.63) is 58.3 Å². The molecule has 8 heteroatoms. The fourth-order valence-corrected chi connectivity index (χ4v) is 3.13. The van der Waals surface area contributed by atoms with Gasteiger partial charge < -0.3 is 9.73 Å². The highest BCUT2D eigenvalue weighted by Gasteiger charge is 2.12. The molecule has 4 aromatic heterocycles. The number of aromatic nitrogens is 3. The SMILES string of the molecule is O=C(NCCn1cnc2sccc2c1=O)c1cc2ncccc2o1. The fraction of sp³-hybridized carbons (Fsp3) is 0.125. The Hall–Kier alpha value is -3.00. The maximum Gasteiger partial charge on any atom is 0.287 e. The number of carbonyl (C=O) groups is 1. The summed E-state index contributed by atoms with van der Waals surface area (Å²) < 4.78 is 6.93. The van der Waals surface area contributed by atoms with Crippen LogP contribution in [-0.2, 0) is 6.54 Å². The molecule has 0 aliphatic rings. The number of carbonyl (C=O) groups excluding carboxylic acids is 1. The lowest BCUT2D eigenvalue weighted by molar-refractivity contribution is 0.0926. The third-order valence-electron chi connectivity index (χ3n) is 3.60. The fourth-order valence-electron chi connectivity index (χ4n) is 2.41. The number of nitrogens with one attached hydrogen (secondary N) is 1. The lowest BCUT2D eigenvalue weighted by Gasteiger charge is -2.06. The van der Waals surface area contributed by atoms with Gasteiger partial charge in [0.2, 0.25) is 0 Å². The van der Waals surface area contributed by atoms with Crippen LogP contribution in [0.1, 0.15) is 10.6 Å². The normalized spacial score (nSPS) is 11.2. The highest BCUT2D eigenvalue weighted by atomic mass is 32.1. The zero-order chi connectivity index (χ0) is 16.5. The van der Waals surface area contributed by atoms with E-state index in [1.807, 2.05) is 5.38 Å². The molecule has 0 bridgehead atoms. The van der Waals surface area contributed by atoms with E-state index >= 15 is 0 Å². The second-order valence-electron chi connectivity index (χ2n) is 5.14. The summed E-state index contributed by atoms with van der Waals surface area (Å²) in [5, 5.41) is 5.16. The summed E-state index contributed by atoms with van der Waals surface area (Å²) in [6.07, 6.45) is 3.14. The summed E-state index contributed by atoms with van der Waals surface area (Å²) in [5.41, 5.74) is 1.08. The van der Waals surface area contributed by atoms with E-state index in [1.165, 1.54) is 22.2 Å². The first-order valence-corrected chi connectivity index (χ1v) is 8.16. The van der Waals surface area contributed by atoms with E-state index in [2.05, 4.69) is 15.3 Å². The second kappa shape index (κ2) is 5.89. The smallest absolute Gasteiger partial charge is 0.287 e. The van der Waals surface area contributed by atoms with Crippen LogP contribution in [0.15, 0.2) is 51.4 Å². The van der Waals surface area contributed by atoms with Crippen LogP contribution in [0.2, 0.25) is 0 Å². The average molecular weight is 340 g/mol. The Morgan fingerprint density at radius 3 is 3.12 bits per heavy atom. The van der Waals surface area contributed by atoms with E-state index in [9.17, 15) is 9.59 Å². The van der Waals surface area contributed by atoms with Crippen molar-refractivity contribution in [3.63, 3.8) is 0 Å². The van der Waals surface area contributed by atoms with Gasteiger partial charge in [0.25, 0.3) is 11.5 Å². The quantitative estimate of drug-likeness (QED) is 0.614. The highest BCUT2D eigenvalue weighted by Crippen LogP contribution is 2.16. The van der Waals surface area contributed by atoms with Crippen LogP contribution in [0.25, 0.3) is 21.3 Å². The number of amides is 1. The van der Waals surface area contributed by atoms with Crippen molar-refractivity contribution in [2.75, 3.05) is 6.54 Å². The van der Waals surface area contributed by atoms with Crippen molar-refractivity contribution in [1.82, 2.24) is 19.9 Å². The van der Waals surface area contributed by atoms with E-state index < -0.39 is 0 Å². The molecule has 4 aromatic rings. The van der Waals surface area contributed by atoms with Crippen LogP contribution in [0.4, 0.5) is 0 Å².